The second kappa shape index (κ2) is 5.04. The van der Waals surface area contributed by atoms with Gasteiger partial charge in [-0.25, -0.2) is 17.5 Å². The predicted octanol–water partition coefficient (Wildman–Crippen LogP) is 0.758. The molecular weight excluding hydrogens is 283 g/mol. The van der Waals surface area contributed by atoms with Crippen LogP contribution in [0, 0.1) is 11.2 Å². The van der Waals surface area contributed by atoms with Crippen LogP contribution in [0.15, 0.2) is 35.4 Å². The maximum atomic E-state index is 13.6. The van der Waals surface area contributed by atoms with Crippen molar-refractivity contribution in [2.45, 2.75) is 11.6 Å². The topological polar surface area (TPSA) is 102 Å². The molecule has 0 saturated carbocycles. The van der Waals surface area contributed by atoms with Crippen molar-refractivity contribution in [1.82, 2.24) is 9.78 Å². The predicted molar refractivity (Wildman–Crippen MR) is 71.9 cm³/mol. The third-order valence-electron chi connectivity index (χ3n) is 2.68. The molecule has 3 N–H and O–H groups in total. The van der Waals surface area contributed by atoms with Gasteiger partial charge in [-0.1, -0.05) is 18.2 Å². The van der Waals surface area contributed by atoms with Crippen LogP contribution in [-0.4, -0.2) is 30.3 Å². The Kier molecular flexibility index (Phi) is 3.58. The van der Waals surface area contributed by atoms with Crippen molar-refractivity contribution < 1.29 is 12.8 Å². The number of nitrogens with one attached hydrogen (secondary N) is 1. The molecule has 8 heteroatoms. The van der Waals surface area contributed by atoms with Gasteiger partial charge in [-0.2, -0.15) is 5.10 Å². The molecule has 0 saturated heterocycles. The number of hydrogen-bond acceptors (Lipinski definition) is 4. The van der Waals surface area contributed by atoms with E-state index in [0.717, 1.165) is 10.9 Å². The number of benzene rings is 1. The fourth-order valence-corrected chi connectivity index (χ4v) is 2.54. The van der Waals surface area contributed by atoms with Crippen molar-refractivity contribution in [2.24, 2.45) is 5.73 Å². The second-order valence-corrected chi connectivity index (χ2v) is 6.27. The Hall–Kier alpha value is -2.22. The molecule has 0 bridgehead atoms. The Labute approximate surface area is 115 Å². The summed E-state index contributed by atoms with van der Waals surface area (Å²) >= 11 is 0. The van der Waals surface area contributed by atoms with Gasteiger partial charge in [0.25, 0.3) is 0 Å². The van der Waals surface area contributed by atoms with Crippen molar-refractivity contribution in [3.63, 3.8) is 0 Å². The second-order valence-electron chi connectivity index (χ2n) is 4.30. The summed E-state index contributed by atoms with van der Waals surface area (Å²) in [6.07, 6.45) is 1.02. The third kappa shape index (κ3) is 2.85. The van der Waals surface area contributed by atoms with Crippen LogP contribution in [0.3, 0.4) is 0 Å². The number of hydrogen-bond donors (Lipinski definition) is 2. The zero-order chi connectivity index (χ0) is 14.9. The molecule has 0 amide bonds. The summed E-state index contributed by atoms with van der Waals surface area (Å²) in [6.45, 7) is -0.0532. The molecule has 1 aromatic carbocycles. The van der Waals surface area contributed by atoms with Gasteiger partial charge < -0.3 is 5.73 Å². The van der Waals surface area contributed by atoms with Crippen molar-refractivity contribution in [2.75, 3.05) is 6.26 Å². The summed E-state index contributed by atoms with van der Waals surface area (Å²) in [5, 5.41) is 11.1. The van der Waals surface area contributed by atoms with Gasteiger partial charge in [-0.05, 0) is 6.07 Å². The van der Waals surface area contributed by atoms with Gasteiger partial charge in [0.1, 0.15) is 17.3 Å². The Morgan fingerprint density at radius 2 is 2.10 bits per heavy atom. The number of halogens is 1. The number of nitrogens with two attached hydrogens (primary N) is 1. The monoisotopic (exact) mass is 296 g/mol. The molecule has 20 heavy (non-hydrogen) atoms. The molecule has 0 atom stereocenters. The smallest absolute Gasteiger partial charge is 0.192 e. The van der Waals surface area contributed by atoms with Crippen LogP contribution in [0.2, 0.25) is 0 Å². The molecular formula is C12H13FN4O2S. The highest BCUT2D eigenvalue weighted by Crippen LogP contribution is 2.15. The van der Waals surface area contributed by atoms with E-state index in [9.17, 15) is 12.8 Å². The number of nitrogens with zero attached hydrogens (tertiary/aromatic N) is 2. The average Bonchev–Trinajstić information content (AvgIpc) is 2.76. The van der Waals surface area contributed by atoms with Gasteiger partial charge in [0, 0.05) is 17.9 Å². The van der Waals surface area contributed by atoms with Crippen LogP contribution in [0.25, 0.3) is 0 Å². The molecule has 2 aromatic rings. The fourth-order valence-electron chi connectivity index (χ4n) is 1.73. The first-order valence-corrected chi connectivity index (χ1v) is 7.54. The quantitative estimate of drug-likeness (QED) is 0.642. The van der Waals surface area contributed by atoms with Gasteiger partial charge in [0.15, 0.2) is 14.9 Å². The lowest BCUT2D eigenvalue weighted by atomic mass is 10.2. The van der Waals surface area contributed by atoms with Gasteiger partial charge in [-0.15, -0.1) is 0 Å². The highest BCUT2D eigenvalue weighted by molar-refractivity contribution is 7.90. The zero-order valence-corrected chi connectivity index (χ0v) is 11.5. The van der Waals surface area contributed by atoms with Gasteiger partial charge in [0.2, 0.25) is 0 Å². The highest BCUT2D eigenvalue weighted by atomic mass is 32.2. The van der Waals surface area contributed by atoms with Crippen molar-refractivity contribution in [1.29, 1.82) is 5.41 Å². The number of amidine groups is 1. The minimum atomic E-state index is -3.55. The number of nitrogen functional groups attached to an aromatic ring is 1. The number of rotatable bonds is 4. The highest BCUT2D eigenvalue weighted by Gasteiger charge is 2.19. The molecule has 1 heterocycles. The average molecular weight is 296 g/mol. The molecule has 1 aromatic heterocycles. The van der Waals surface area contributed by atoms with Crippen LogP contribution in [-0.2, 0) is 16.4 Å². The van der Waals surface area contributed by atoms with E-state index in [2.05, 4.69) is 5.10 Å². The summed E-state index contributed by atoms with van der Waals surface area (Å²) in [7, 11) is -3.55. The normalized spacial score (nSPS) is 11.5. The summed E-state index contributed by atoms with van der Waals surface area (Å²) in [5.74, 6) is -0.797. The van der Waals surface area contributed by atoms with Crippen LogP contribution in [0.1, 0.15) is 11.3 Å². The van der Waals surface area contributed by atoms with Gasteiger partial charge in [0.05, 0.1) is 6.54 Å². The van der Waals surface area contributed by atoms with E-state index in [1.807, 2.05) is 0 Å². The first-order chi connectivity index (χ1) is 9.29. The maximum absolute atomic E-state index is 13.6. The summed E-state index contributed by atoms with van der Waals surface area (Å²) < 4.78 is 38.1. The fraction of sp³-hybridized carbons (Fsp3) is 0.167. The standard InChI is InChI=1S/C12H13FN4O2S/c1-20(18,19)11-6-10(12(14)15)16-17(11)7-8-4-2-3-5-9(8)13/h2-6H,7H2,1H3,(H3,14,15). The van der Waals surface area contributed by atoms with Gasteiger partial charge >= 0.3 is 0 Å². The molecule has 0 aliphatic rings. The molecule has 0 spiro atoms. The molecule has 106 valence electrons. The molecule has 0 aliphatic carbocycles. The number of aromatic nitrogens is 2. The summed E-state index contributed by atoms with van der Waals surface area (Å²) in [4.78, 5) is 0. The van der Waals surface area contributed by atoms with E-state index >= 15 is 0 Å². The SMILES string of the molecule is CS(=O)(=O)c1cc(C(=N)N)nn1Cc1ccccc1F. The first-order valence-electron chi connectivity index (χ1n) is 5.65. The minimum Gasteiger partial charge on any atom is -0.382 e. The van der Waals surface area contributed by atoms with E-state index in [4.69, 9.17) is 11.1 Å². The minimum absolute atomic E-state index is 0.0433. The lowest BCUT2D eigenvalue weighted by molar-refractivity contribution is 0.547. The maximum Gasteiger partial charge on any atom is 0.192 e. The summed E-state index contributed by atoms with van der Waals surface area (Å²) in [6, 6.07) is 7.22. The van der Waals surface area contributed by atoms with E-state index in [1.165, 1.54) is 18.2 Å². The number of sulfone groups is 1. The van der Waals surface area contributed by atoms with Gasteiger partial charge in [-0.3, -0.25) is 5.41 Å². The molecule has 0 unspecified atom stereocenters. The van der Waals surface area contributed by atoms with Crippen LogP contribution >= 0.6 is 0 Å². The van der Waals surface area contributed by atoms with Crippen LogP contribution in [0.4, 0.5) is 4.39 Å². The van der Waals surface area contributed by atoms with Crippen LogP contribution in [0.5, 0.6) is 0 Å². The molecule has 2 rings (SSSR count). The Morgan fingerprint density at radius 3 is 2.65 bits per heavy atom. The van der Waals surface area contributed by atoms with E-state index < -0.39 is 15.7 Å². The Morgan fingerprint density at radius 1 is 1.45 bits per heavy atom. The Balaban J connectivity index is 2.51. The van der Waals surface area contributed by atoms with Crippen molar-refractivity contribution in [3.8, 4) is 0 Å². The molecule has 0 fully saturated rings. The molecule has 0 aliphatic heterocycles. The lowest BCUT2D eigenvalue weighted by Crippen LogP contribution is -2.14. The lowest BCUT2D eigenvalue weighted by Gasteiger charge is -2.06. The first kappa shape index (κ1) is 14.2. The Bertz CT molecular complexity index is 768. The van der Waals surface area contributed by atoms with E-state index in [1.54, 1.807) is 12.1 Å². The van der Waals surface area contributed by atoms with Crippen molar-refractivity contribution >= 4 is 15.7 Å². The van der Waals surface area contributed by atoms with E-state index in [0.29, 0.717) is 5.56 Å². The zero-order valence-electron chi connectivity index (χ0n) is 10.7. The van der Waals surface area contributed by atoms with Crippen LogP contribution < -0.4 is 5.73 Å². The summed E-state index contributed by atoms with van der Waals surface area (Å²) in [5.41, 5.74) is 5.65. The van der Waals surface area contributed by atoms with Crippen molar-refractivity contribution in [3.05, 3.63) is 47.4 Å². The third-order valence-corrected chi connectivity index (χ3v) is 3.77. The van der Waals surface area contributed by atoms with E-state index in [-0.39, 0.29) is 23.1 Å². The molecule has 6 nitrogen and oxygen atoms in total. The largest absolute Gasteiger partial charge is 0.382 e. The molecule has 0 radical (unpaired) electrons.